The summed E-state index contributed by atoms with van der Waals surface area (Å²) < 4.78 is 24.4. The standard InChI is InChI=1S/C22H27FN4O2.HI/c23-17-5-6-20-16(14-26-21(20)13-17)7-9-24-22(27-15-19-4-2-12-29-19)25-10-8-18-3-1-11-28-18;/h1,3,5-6,11,13-14,19,26H,2,4,7-10,12,15H2,(H2,24,25,27);1H. The number of benzene rings is 1. The molecule has 1 fully saturated rings. The number of aromatic nitrogens is 1. The van der Waals surface area contributed by atoms with Gasteiger partial charge in [0.2, 0.25) is 0 Å². The Bertz CT molecular complexity index is 936. The Morgan fingerprint density at radius 1 is 1.20 bits per heavy atom. The second-order valence-electron chi connectivity index (χ2n) is 7.26. The van der Waals surface area contributed by atoms with E-state index in [2.05, 4.69) is 15.6 Å². The van der Waals surface area contributed by atoms with Crippen molar-refractivity contribution in [3.63, 3.8) is 0 Å². The molecule has 0 amide bonds. The van der Waals surface area contributed by atoms with Crippen LogP contribution < -0.4 is 10.6 Å². The van der Waals surface area contributed by atoms with Gasteiger partial charge in [0.25, 0.3) is 0 Å². The molecule has 162 valence electrons. The molecular formula is C22H28FIN4O2. The van der Waals surface area contributed by atoms with E-state index in [0.29, 0.717) is 6.54 Å². The Morgan fingerprint density at radius 2 is 2.07 bits per heavy atom. The fraction of sp³-hybridized carbons (Fsp3) is 0.409. The molecule has 6 nitrogen and oxygen atoms in total. The number of guanidine groups is 1. The lowest BCUT2D eigenvalue weighted by Crippen LogP contribution is -2.40. The summed E-state index contributed by atoms with van der Waals surface area (Å²) in [6.45, 7) is 2.94. The number of aliphatic imine (C=N–C) groups is 1. The van der Waals surface area contributed by atoms with E-state index in [1.54, 1.807) is 6.26 Å². The van der Waals surface area contributed by atoms with Crippen molar-refractivity contribution in [1.29, 1.82) is 0 Å². The third kappa shape index (κ3) is 6.21. The molecule has 3 heterocycles. The number of furan rings is 1. The molecule has 8 heteroatoms. The number of hydrogen-bond donors (Lipinski definition) is 3. The monoisotopic (exact) mass is 526 g/mol. The van der Waals surface area contributed by atoms with Gasteiger partial charge in [-0.3, -0.25) is 4.99 Å². The normalized spacial score (nSPS) is 16.6. The van der Waals surface area contributed by atoms with Gasteiger partial charge >= 0.3 is 0 Å². The van der Waals surface area contributed by atoms with Crippen LogP contribution in [0.25, 0.3) is 10.9 Å². The van der Waals surface area contributed by atoms with E-state index in [1.807, 2.05) is 24.4 Å². The van der Waals surface area contributed by atoms with Crippen LogP contribution in [0.5, 0.6) is 0 Å². The topological polar surface area (TPSA) is 74.6 Å². The van der Waals surface area contributed by atoms with Crippen molar-refractivity contribution >= 4 is 40.8 Å². The van der Waals surface area contributed by atoms with E-state index < -0.39 is 0 Å². The minimum atomic E-state index is -0.228. The number of H-pyrrole nitrogens is 1. The molecule has 1 saturated heterocycles. The molecule has 30 heavy (non-hydrogen) atoms. The van der Waals surface area contributed by atoms with Crippen LogP contribution in [-0.4, -0.2) is 43.3 Å². The Balaban J connectivity index is 0.00000256. The number of fused-ring (bicyclic) bond motifs is 1. The van der Waals surface area contributed by atoms with Gasteiger partial charge in [-0.15, -0.1) is 24.0 Å². The van der Waals surface area contributed by atoms with Crippen LogP contribution in [0, 0.1) is 5.82 Å². The van der Waals surface area contributed by atoms with E-state index in [0.717, 1.165) is 73.6 Å². The first-order valence-corrected chi connectivity index (χ1v) is 10.2. The zero-order valence-electron chi connectivity index (χ0n) is 16.8. The van der Waals surface area contributed by atoms with Crippen molar-refractivity contribution in [2.75, 3.05) is 26.2 Å². The van der Waals surface area contributed by atoms with Crippen LogP contribution in [0.2, 0.25) is 0 Å². The molecule has 1 aliphatic heterocycles. The minimum Gasteiger partial charge on any atom is -0.469 e. The lowest BCUT2D eigenvalue weighted by molar-refractivity contribution is 0.117. The van der Waals surface area contributed by atoms with Crippen molar-refractivity contribution in [2.24, 2.45) is 4.99 Å². The summed E-state index contributed by atoms with van der Waals surface area (Å²) >= 11 is 0. The summed E-state index contributed by atoms with van der Waals surface area (Å²) in [5, 5.41) is 7.83. The Morgan fingerprint density at radius 3 is 2.83 bits per heavy atom. The van der Waals surface area contributed by atoms with Gasteiger partial charge in [0.05, 0.1) is 18.9 Å². The van der Waals surface area contributed by atoms with Gasteiger partial charge in [-0.2, -0.15) is 0 Å². The Kier molecular flexibility index (Phi) is 8.56. The third-order valence-electron chi connectivity index (χ3n) is 5.14. The first-order valence-electron chi connectivity index (χ1n) is 10.2. The lowest BCUT2D eigenvalue weighted by Gasteiger charge is -2.13. The number of ether oxygens (including phenoxy) is 1. The summed E-state index contributed by atoms with van der Waals surface area (Å²) in [7, 11) is 0. The number of rotatable bonds is 8. The zero-order valence-corrected chi connectivity index (χ0v) is 19.2. The average molecular weight is 526 g/mol. The first-order chi connectivity index (χ1) is 14.3. The van der Waals surface area contributed by atoms with E-state index in [1.165, 1.54) is 12.1 Å². The zero-order chi connectivity index (χ0) is 19.9. The van der Waals surface area contributed by atoms with Crippen molar-refractivity contribution in [3.8, 4) is 0 Å². The molecule has 1 atom stereocenters. The van der Waals surface area contributed by atoms with Gasteiger partial charge in [0.15, 0.2) is 5.96 Å². The maximum absolute atomic E-state index is 13.4. The van der Waals surface area contributed by atoms with Crippen LogP contribution in [0.4, 0.5) is 4.39 Å². The van der Waals surface area contributed by atoms with Crippen LogP contribution in [0.3, 0.4) is 0 Å². The van der Waals surface area contributed by atoms with E-state index in [9.17, 15) is 4.39 Å². The molecular weight excluding hydrogens is 498 g/mol. The van der Waals surface area contributed by atoms with E-state index in [4.69, 9.17) is 14.1 Å². The molecule has 0 bridgehead atoms. The predicted molar refractivity (Wildman–Crippen MR) is 127 cm³/mol. The van der Waals surface area contributed by atoms with Crippen molar-refractivity contribution in [3.05, 3.63) is 59.9 Å². The summed E-state index contributed by atoms with van der Waals surface area (Å²) in [6.07, 6.45) is 7.62. The SMILES string of the molecule is Fc1ccc2c(CCNC(=NCC3CCCO3)NCCc3ccco3)c[nH]c2c1.I. The van der Waals surface area contributed by atoms with Gasteiger partial charge in [-0.25, -0.2) is 4.39 Å². The second kappa shape index (κ2) is 11.4. The summed E-state index contributed by atoms with van der Waals surface area (Å²) in [4.78, 5) is 7.84. The van der Waals surface area contributed by atoms with Gasteiger partial charge in [0.1, 0.15) is 11.6 Å². The van der Waals surface area contributed by atoms with Crippen LogP contribution in [0.15, 0.2) is 52.2 Å². The van der Waals surface area contributed by atoms with Crippen molar-refractivity contribution < 1.29 is 13.5 Å². The molecule has 3 N–H and O–H groups in total. The molecule has 1 aliphatic rings. The summed E-state index contributed by atoms with van der Waals surface area (Å²) in [5.41, 5.74) is 1.98. The van der Waals surface area contributed by atoms with Crippen LogP contribution >= 0.6 is 24.0 Å². The second-order valence-corrected chi connectivity index (χ2v) is 7.26. The van der Waals surface area contributed by atoms with E-state index >= 15 is 0 Å². The third-order valence-corrected chi connectivity index (χ3v) is 5.14. The number of nitrogens with one attached hydrogen (secondary N) is 3. The number of nitrogens with zero attached hydrogens (tertiary/aromatic N) is 1. The Hall–Kier alpha value is -2.07. The molecule has 1 unspecified atom stereocenters. The maximum atomic E-state index is 13.4. The number of hydrogen-bond acceptors (Lipinski definition) is 3. The largest absolute Gasteiger partial charge is 0.469 e. The summed E-state index contributed by atoms with van der Waals surface area (Å²) in [6, 6.07) is 8.71. The number of halogens is 2. The molecule has 4 rings (SSSR count). The molecule has 1 aromatic carbocycles. The summed E-state index contributed by atoms with van der Waals surface area (Å²) in [5.74, 6) is 1.49. The predicted octanol–water partition coefficient (Wildman–Crippen LogP) is 4.02. The molecule has 0 aliphatic carbocycles. The lowest BCUT2D eigenvalue weighted by atomic mass is 10.1. The molecule has 2 aromatic heterocycles. The van der Waals surface area contributed by atoms with Crippen molar-refractivity contribution in [1.82, 2.24) is 15.6 Å². The Labute approximate surface area is 192 Å². The molecule has 0 radical (unpaired) electrons. The highest BCUT2D eigenvalue weighted by Crippen LogP contribution is 2.19. The van der Waals surface area contributed by atoms with Crippen molar-refractivity contribution in [2.45, 2.75) is 31.8 Å². The smallest absolute Gasteiger partial charge is 0.191 e. The maximum Gasteiger partial charge on any atom is 0.191 e. The highest BCUT2D eigenvalue weighted by molar-refractivity contribution is 14.0. The van der Waals surface area contributed by atoms with Gasteiger partial charge in [0, 0.05) is 43.2 Å². The minimum absolute atomic E-state index is 0. The fourth-order valence-corrected chi connectivity index (χ4v) is 3.60. The van der Waals surface area contributed by atoms with E-state index in [-0.39, 0.29) is 35.9 Å². The van der Waals surface area contributed by atoms with Crippen LogP contribution in [0.1, 0.15) is 24.2 Å². The molecule has 3 aromatic rings. The number of aromatic amines is 1. The van der Waals surface area contributed by atoms with Gasteiger partial charge in [-0.05, 0) is 55.2 Å². The quantitative estimate of drug-likeness (QED) is 0.236. The van der Waals surface area contributed by atoms with Gasteiger partial charge in [-0.1, -0.05) is 0 Å². The first kappa shape index (κ1) is 22.6. The molecule has 0 spiro atoms. The fourth-order valence-electron chi connectivity index (χ4n) is 3.60. The highest BCUT2D eigenvalue weighted by Gasteiger charge is 2.15. The van der Waals surface area contributed by atoms with Gasteiger partial charge < -0.3 is 24.8 Å². The molecule has 0 saturated carbocycles. The highest BCUT2D eigenvalue weighted by atomic mass is 127. The van der Waals surface area contributed by atoms with Crippen LogP contribution in [-0.2, 0) is 17.6 Å². The average Bonchev–Trinajstić information content (AvgIpc) is 3.48.